The van der Waals surface area contributed by atoms with Gasteiger partial charge in [-0.15, -0.1) is 11.8 Å². The monoisotopic (exact) mass is 494 g/mol. The number of thioether (sulfide) groups is 1. The molecule has 0 aliphatic rings. The van der Waals surface area contributed by atoms with Crippen molar-refractivity contribution in [3.05, 3.63) is 101 Å². The molecular formula is C26H23ClN2O4S. The standard InChI is InChI=1S/C26H23ClN2O4S/c1-16-14-20(10-13-22(16)27)29-25(31)24(18-6-4-3-5-7-18)34-21-11-8-19(9-12-21)28-23(30)15-17(2)26(32)33/h3-15,24H,1-2H3,(H,28,30)(H,29,31)(H,32,33)/b17-15+. The first-order valence-corrected chi connectivity index (χ1v) is 11.6. The molecule has 0 spiro atoms. The third-order valence-corrected chi connectivity index (χ3v) is 6.52. The van der Waals surface area contributed by atoms with Gasteiger partial charge in [-0.1, -0.05) is 41.9 Å². The van der Waals surface area contributed by atoms with Crippen LogP contribution < -0.4 is 10.6 Å². The normalized spacial score (nSPS) is 12.0. The number of carboxylic acids is 1. The SMILES string of the molecule is C/C(=C\C(=O)Nc1ccc(SC(C(=O)Nc2ccc(Cl)c(C)c2)c2ccccc2)cc1)C(=O)O. The Kier molecular flexibility index (Phi) is 8.51. The molecule has 0 heterocycles. The highest BCUT2D eigenvalue weighted by Gasteiger charge is 2.22. The van der Waals surface area contributed by atoms with Gasteiger partial charge >= 0.3 is 5.97 Å². The number of carboxylic acid groups (broad SMARTS) is 1. The predicted octanol–water partition coefficient (Wildman–Crippen LogP) is 6.09. The highest BCUT2D eigenvalue weighted by molar-refractivity contribution is 8.00. The third kappa shape index (κ3) is 6.97. The number of hydrogen-bond donors (Lipinski definition) is 3. The van der Waals surface area contributed by atoms with Crippen LogP contribution in [0.5, 0.6) is 0 Å². The summed E-state index contributed by atoms with van der Waals surface area (Å²) in [6.45, 7) is 3.22. The van der Waals surface area contributed by atoms with E-state index in [1.807, 2.05) is 43.3 Å². The summed E-state index contributed by atoms with van der Waals surface area (Å²) in [6.07, 6.45) is 1.03. The summed E-state index contributed by atoms with van der Waals surface area (Å²) < 4.78 is 0. The van der Waals surface area contributed by atoms with Crippen molar-refractivity contribution in [2.45, 2.75) is 24.0 Å². The Morgan fingerprint density at radius 2 is 1.59 bits per heavy atom. The van der Waals surface area contributed by atoms with Crippen molar-refractivity contribution >= 4 is 52.5 Å². The second-order valence-electron chi connectivity index (χ2n) is 7.51. The largest absolute Gasteiger partial charge is 0.478 e. The number of aliphatic carboxylic acids is 1. The lowest BCUT2D eigenvalue weighted by Gasteiger charge is -2.18. The van der Waals surface area contributed by atoms with Gasteiger partial charge in [0.25, 0.3) is 0 Å². The quantitative estimate of drug-likeness (QED) is 0.260. The van der Waals surface area contributed by atoms with E-state index in [9.17, 15) is 14.4 Å². The van der Waals surface area contributed by atoms with Crippen molar-refractivity contribution in [1.29, 1.82) is 0 Å². The van der Waals surface area contributed by atoms with Gasteiger partial charge in [0.1, 0.15) is 5.25 Å². The number of aryl methyl sites for hydroxylation is 1. The highest BCUT2D eigenvalue weighted by atomic mass is 35.5. The second kappa shape index (κ2) is 11.5. The molecule has 0 bridgehead atoms. The molecule has 2 amide bonds. The number of nitrogens with one attached hydrogen (secondary N) is 2. The average molecular weight is 495 g/mol. The summed E-state index contributed by atoms with van der Waals surface area (Å²) >= 11 is 7.47. The molecule has 3 rings (SSSR count). The molecule has 0 aromatic heterocycles. The average Bonchev–Trinajstić information content (AvgIpc) is 2.81. The van der Waals surface area contributed by atoms with Gasteiger partial charge in [0, 0.05) is 32.9 Å². The number of hydrogen-bond acceptors (Lipinski definition) is 4. The fourth-order valence-corrected chi connectivity index (χ4v) is 4.16. The van der Waals surface area contributed by atoms with E-state index in [0.29, 0.717) is 16.4 Å². The van der Waals surface area contributed by atoms with E-state index in [-0.39, 0.29) is 11.5 Å². The van der Waals surface area contributed by atoms with Gasteiger partial charge in [-0.2, -0.15) is 0 Å². The summed E-state index contributed by atoms with van der Waals surface area (Å²) in [4.78, 5) is 36.9. The number of amides is 2. The molecule has 174 valence electrons. The molecule has 1 atom stereocenters. The third-order valence-electron chi connectivity index (χ3n) is 4.83. The van der Waals surface area contributed by atoms with Crippen LogP contribution in [-0.2, 0) is 14.4 Å². The summed E-state index contributed by atoms with van der Waals surface area (Å²) in [5.74, 6) is -1.86. The van der Waals surface area contributed by atoms with Crippen LogP contribution in [0.25, 0.3) is 0 Å². The molecule has 0 aliphatic heterocycles. The number of rotatable bonds is 8. The van der Waals surface area contributed by atoms with Crippen LogP contribution in [0.1, 0.15) is 23.3 Å². The van der Waals surface area contributed by atoms with E-state index < -0.39 is 17.1 Å². The molecule has 0 radical (unpaired) electrons. The number of halogens is 1. The fraction of sp³-hybridized carbons (Fsp3) is 0.115. The van der Waals surface area contributed by atoms with Crippen LogP contribution in [-0.4, -0.2) is 22.9 Å². The molecule has 1 unspecified atom stereocenters. The zero-order chi connectivity index (χ0) is 24.7. The smallest absolute Gasteiger partial charge is 0.331 e. The van der Waals surface area contributed by atoms with Gasteiger partial charge in [-0.05, 0) is 67.4 Å². The molecule has 3 aromatic carbocycles. The molecule has 8 heteroatoms. The van der Waals surface area contributed by atoms with Crippen LogP contribution in [0.15, 0.2) is 89.3 Å². The topological polar surface area (TPSA) is 95.5 Å². The number of benzene rings is 3. The zero-order valence-electron chi connectivity index (χ0n) is 18.5. The Morgan fingerprint density at radius 1 is 0.941 bits per heavy atom. The van der Waals surface area contributed by atoms with Crippen LogP contribution in [0.4, 0.5) is 11.4 Å². The van der Waals surface area contributed by atoms with Gasteiger partial charge in [0.05, 0.1) is 0 Å². The molecule has 0 saturated carbocycles. The predicted molar refractivity (Wildman–Crippen MR) is 136 cm³/mol. The minimum atomic E-state index is -1.15. The molecule has 3 N–H and O–H groups in total. The summed E-state index contributed by atoms with van der Waals surface area (Å²) in [7, 11) is 0. The summed E-state index contributed by atoms with van der Waals surface area (Å²) in [5.41, 5.74) is 2.84. The van der Waals surface area contributed by atoms with Crippen molar-refractivity contribution in [2.75, 3.05) is 10.6 Å². The van der Waals surface area contributed by atoms with Crippen LogP contribution in [0.3, 0.4) is 0 Å². The lowest BCUT2D eigenvalue weighted by atomic mass is 10.1. The van der Waals surface area contributed by atoms with E-state index >= 15 is 0 Å². The summed E-state index contributed by atoms with van der Waals surface area (Å²) in [5, 5.41) is 14.6. The second-order valence-corrected chi connectivity index (χ2v) is 9.09. The Balaban J connectivity index is 1.76. The highest BCUT2D eigenvalue weighted by Crippen LogP contribution is 2.37. The minimum absolute atomic E-state index is 0.0581. The number of carbonyl (C=O) groups excluding carboxylic acids is 2. The Morgan fingerprint density at radius 3 is 2.21 bits per heavy atom. The first kappa shape index (κ1) is 25.1. The first-order chi connectivity index (χ1) is 16.2. The number of anilines is 2. The van der Waals surface area contributed by atoms with Gasteiger partial charge in [0.15, 0.2) is 0 Å². The lowest BCUT2D eigenvalue weighted by Crippen LogP contribution is -2.19. The minimum Gasteiger partial charge on any atom is -0.478 e. The molecule has 3 aromatic rings. The molecule has 6 nitrogen and oxygen atoms in total. The fourth-order valence-electron chi connectivity index (χ4n) is 3.02. The van der Waals surface area contributed by atoms with Crippen molar-refractivity contribution in [3.63, 3.8) is 0 Å². The van der Waals surface area contributed by atoms with Crippen molar-refractivity contribution < 1.29 is 19.5 Å². The Bertz CT molecular complexity index is 1230. The van der Waals surface area contributed by atoms with Gasteiger partial charge in [0.2, 0.25) is 11.8 Å². The van der Waals surface area contributed by atoms with E-state index in [1.165, 1.54) is 18.7 Å². The Hall–Kier alpha value is -3.55. The molecular weight excluding hydrogens is 472 g/mol. The molecule has 34 heavy (non-hydrogen) atoms. The van der Waals surface area contributed by atoms with Crippen LogP contribution in [0, 0.1) is 6.92 Å². The first-order valence-electron chi connectivity index (χ1n) is 10.3. The molecule has 0 saturated heterocycles. The summed E-state index contributed by atoms with van der Waals surface area (Å²) in [6, 6.07) is 21.8. The van der Waals surface area contributed by atoms with Gasteiger partial charge < -0.3 is 15.7 Å². The molecule has 0 aliphatic carbocycles. The van der Waals surface area contributed by atoms with Crippen molar-refractivity contribution in [3.8, 4) is 0 Å². The Labute approximate surface area is 207 Å². The van der Waals surface area contributed by atoms with Gasteiger partial charge in [-0.3, -0.25) is 9.59 Å². The number of carbonyl (C=O) groups is 3. The van der Waals surface area contributed by atoms with Crippen molar-refractivity contribution in [1.82, 2.24) is 0 Å². The maximum Gasteiger partial charge on any atom is 0.331 e. The van der Waals surface area contributed by atoms with Crippen LogP contribution in [0.2, 0.25) is 5.02 Å². The maximum atomic E-state index is 13.2. The van der Waals surface area contributed by atoms with Gasteiger partial charge in [-0.25, -0.2) is 4.79 Å². The maximum absolute atomic E-state index is 13.2. The zero-order valence-corrected chi connectivity index (χ0v) is 20.1. The van der Waals surface area contributed by atoms with E-state index in [4.69, 9.17) is 16.7 Å². The van der Waals surface area contributed by atoms with Crippen molar-refractivity contribution in [2.24, 2.45) is 0 Å². The lowest BCUT2D eigenvalue weighted by molar-refractivity contribution is -0.132. The molecule has 0 fully saturated rings. The van der Waals surface area contributed by atoms with E-state index in [0.717, 1.165) is 22.1 Å². The van der Waals surface area contributed by atoms with Crippen LogP contribution >= 0.6 is 23.4 Å². The van der Waals surface area contributed by atoms with E-state index in [2.05, 4.69) is 10.6 Å². The van der Waals surface area contributed by atoms with E-state index in [1.54, 1.807) is 36.4 Å².